The zero-order valence-electron chi connectivity index (χ0n) is 12.0. The lowest BCUT2D eigenvalue weighted by Gasteiger charge is -2.26. The zero-order valence-corrected chi connectivity index (χ0v) is 12.0. The van der Waals surface area contributed by atoms with Gasteiger partial charge in [-0.15, -0.1) is 0 Å². The van der Waals surface area contributed by atoms with Gasteiger partial charge in [0.05, 0.1) is 0 Å². The van der Waals surface area contributed by atoms with Crippen LogP contribution < -0.4 is 10.6 Å². The molecule has 0 radical (unpaired) electrons. The largest absolute Gasteiger partial charge is 0.396 e. The molecule has 1 fully saturated rings. The average molecular weight is 291 g/mol. The molecule has 1 aliphatic rings. The maximum absolute atomic E-state index is 12.0. The summed E-state index contributed by atoms with van der Waals surface area (Å²) in [5, 5.41) is 14.6. The minimum absolute atomic E-state index is 0.137. The molecule has 1 aromatic carbocycles. The third kappa shape index (κ3) is 4.54. The summed E-state index contributed by atoms with van der Waals surface area (Å²) >= 11 is 0. The topological polar surface area (TPSA) is 81.7 Å². The molecule has 6 nitrogen and oxygen atoms in total. The molecule has 3 N–H and O–H groups in total. The highest BCUT2D eigenvalue weighted by Gasteiger charge is 2.23. The Morgan fingerprint density at radius 3 is 2.76 bits per heavy atom. The predicted molar refractivity (Wildman–Crippen MR) is 79.9 cm³/mol. The molecule has 0 aliphatic carbocycles. The Hall–Kier alpha value is -1.92. The molecule has 0 atom stereocenters. The van der Waals surface area contributed by atoms with Crippen molar-refractivity contribution in [3.8, 4) is 0 Å². The zero-order chi connectivity index (χ0) is 15.1. The number of hydrogen-bond donors (Lipinski definition) is 3. The van der Waals surface area contributed by atoms with Crippen LogP contribution in [0.5, 0.6) is 0 Å². The first-order chi connectivity index (χ1) is 10.2. The standard InChI is InChI=1S/C15H21N3O3/c19-10-2-4-12-3-1-5-13(11-12)17-14(20)15(21)18-8-6-16-7-9-18/h1,3,5,11,16,19H,2,4,6-10H2,(H,17,20). The Morgan fingerprint density at radius 2 is 2.05 bits per heavy atom. The summed E-state index contributed by atoms with van der Waals surface area (Å²) in [6.07, 6.45) is 1.42. The number of amides is 2. The van der Waals surface area contributed by atoms with Crippen LogP contribution in [0.3, 0.4) is 0 Å². The summed E-state index contributed by atoms with van der Waals surface area (Å²) in [5.74, 6) is -1.09. The summed E-state index contributed by atoms with van der Waals surface area (Å²) in [6.45, 7) is 2.69. The van der Waals surface area contributed by atoms with Gasteiger partial charge in [-0.3, -0.25) is 9.59 Å². The van der Waals surface area contributed by atoms with Crippen LogP contribution in [0.4, 0.5) is 5.69 Å². The van der Waals surface area contributed by atoms with Crippen LogP contribution in [0.1, 0.15) is 12.0 Å². The van der Waals surface area contributed by atoms with Crippen molar-refractivity contribution in [1.82, 2.24) is 10.2 Å². The third-order valence-electron chi connectivity index (χ3n) is 3.41. The van der Waals surface area contributed by atoms with Crippen molar-refractivity contribution in [3.63, 3.8) is 0 Å². The van der Waals surface area contributed by atoms with E-state index in [0.717, 1.165) is 25.1 Å². The Morgan fingerprint density at radius 1 is 1.29 bits per heavy atom. The van der Waals surface area contributed by atoms with E-state index in [9.17, 15) is 9.59 Å². The van der Waals surface area contributed by atoms with Crippen molar-refractivity contribution in [2.24, 2.45) is 0 Å². The first-order valence-electron chi connectivity index (χ1n) is 7.21. The van der Waals surface area contributed by atoms with Crippen LogP contribution in [0, 0.1) is 0 Å². The van der Waals surface area contributed by atoms with Gasteiger partial charge in [-0.1, -0.05) is 12.1 Å². The van der Waals surface area contributed by atoms with E-state index >= 15 is 0 Å². The highest BCUT2D eigenvalue weighted by molar-refractivity contribution is 6.39. The molecular weight excluding hydrogens is 270 g/mol. The minimum atomic E-state index is -0.601. The molecule has 0 spiro atoms. The van der Waals surface area contributed by atoms with Gasteiger partial charge in [0.25, 0.3) is 0 Å². The average Bonchev–Trinajstić information content (AvgIpc) is 2.53. The summed E-state index contributed by atoms with van der Waals surface area (Å²) < 4.78 is 0. The van der Waals surface area contributed by atoms with E-state index in [1.165, 1.54) is 0 Å². The molecule has 0 unspecified atom stereocenters. The number of anilines is 1. The Kier molecular flexibility index (Phi) is 5.71. The molecular formula is C15H21N3O3. The Bertz CT molecular complexity index is 499. The fraction of sp³-hybridized carbons (Fsp3) is 0.467. The van der Waals surface area contributed by atoms with Gasteiger partial charge in [-0.2, -0.15) is 0 Å². The predicted octanol–water partition coefficient (Wildman–Crippen LogP) is -0.0182. The smallest absolute Gasteiger partial charge is 0.313 e. The number of piperazine rings is 1. The second kappa shape index (κ2) is 7.75. The van der Waals surface area contributed by atoms with Crippen LogP contribution in [0.2, 0.25) is 0 Å². The highest BCUT2D eigenvalue weighted by atomic mass is 16.3. The molecule has 1 aliphatic heterocycles. The number of nitrogens with zero attached hydrogens (tertiary/aromatic N) is 1. The summed E-state index contributed by atoms with van der Waals surface area (Å²) in [5.41, 5.74) is 1.63. The van der Waals surface area contributed by atoms with Crippen molar-refractivity contribution in [1.29, 1.82) is 0 Å². The first kappa shape index (κ1) is 15.5. The molecule has 2 rings (SSSR count). The van der Waals surface area contributed by atoms with Gasteiger partial charge in [0.2, 0.25) is 0 Å². The lowest BCUT2D eigenvalue weighted by atomic mass is 10.1. The van der Waals surface area contributed by atoms with Crippen molar-refractivity contribution >= 4 is 17.5 Å². The number of aryl methyl sites for hydroxylation is 1. The molecule has 0 bridgehead atoms. The molecule has 0 aromatic heterocycles. The molecule has 2 amide bonds. The van der Waals surface area contributed by atoms with Gasteiger partial charge in [0.15, 0.2) is 0 Å². The fourth-order valence-electron chi connectivity index (χ4n) is 2.28. The van der Waals surface area contributed by atoms with Crippen LogP contribution in [-0.2, 0) is 16.0 Å². The van der Waals surface area contributed by atoms with Crippen molar-refractivity contribution < 1.29 is 14.7 Å². The summed E-state index contributed by atoms with van der Waals surface area (Å²) in [4.78, 5) is 25.5. The van der Waals surface area contributed by atoms with E-state index < -0.39 is 11.8 Å². The maximum atomic E-state index is 12.0. The summed E-state index contributed by atoms with van der Waals surface area (Å²) in [6, 6.07) is 7.35. The van der Waals surface area contributed by atoms with Gasteiger partial charge >= 0.3 is 11.8 Å². The molecule has 1 saturated heterocycles. The first-order valence-corrected chi connectivity index (χ1v) is 7.21. The molecule has 6 heteroatoms. The van der Waals surface area contributed by atoms with Crippen LogP contribution in [-0.4, -0.2) is 54.6 Å². The van der Waals surface area contributed by atoms with Crippen LogP contribution in [0.25, 0.3) is 0 Å². The van der Waals surface area contributed by atoms with Crippen LogP contribution in [0.15, 0.2) is 24.3 Å². The van der Waals surface area contributed by atoms with Gasteiger partial charge in [-0.25, -0.2) is 0 Å². The molecule has 1 aromatic rings. The Balaban J connectivity index is 1.93. The normalized spacial score (nSPS) is 14.8. The van der Waals surface area contributed by atoms with Crippen molar-refractivity contribution in [2.75, 3.05) is 38.1 Å². The lowest BCUT2D eigenvalue weighted by Crippen LogP contribution is -2.49. The monoisotopic (exact) mass is 291 g/mol. The second-order valence-electron chi connectivity index (χ2n) is 5.02. The third-order valence-corrected chi connectivity index (χ3v) is 3.41. The molecule has 114 valence electrons. The van der Waals surface area contributed by atoms with Crippen molar-refractivity contribution in [2.45, 2.75) is 12.8 Å². The molecule has 1 heterocycles. The van der Waals surface area contributed by atoms with E-state index in [1.807, 2.05) is 18.2 Å². The fourth-order valence-corrected chi connectivity index (χ4v) is 2.28. The maximum Gasteiger partial charge on any atom is 0.313 e. The lowest BCUT2D eigenvalue weighted by molar-refractivity contribution is -0.143. The molecule has 21 heavy (non-hydrogen) atoms. The van der Waals surface area contributed by atoms with Gasteiger partial charge in [-0.05, 0) is 30.5 Å². The Labute approximate surface area is 124 Å². The minimum Gasteiger partial charge on any atom is -0.396 e. The quantitative estimate of drug-likeness (QED) is 0.681. The SMILES string of the molecule is O=C(Nc1cccc(CCCO)c1)C(=O)N1CCNCC1. The van der Waals surface area contributed by atoms with Crippen LogP contribution >= 0.6 is 0 Å². The number of hydrogen-bond acceptors (Lipinski definition) is 4. The summed E-state index contributed by atoms with van der Waals surface area (Å²) in [7, 11) is 0. The van der Waals surface area contributed by atoms with Gasteiger partial charge in [0.1, 0.15) is 0 Å². The van der Waals surface area contributed by atoms with Crippen molar-refractivity contribution in [3.05, 3.63) is 29.8 Å². The number of aliphatic hydroxyl groups excluding tert-OH is 1. The number of nitrogens with one attached hydrogen (secondary N) is 2. The number of rotatable bonds is 4. The number of aliphatic hydroxyl groups is 1. The van der Waals surface area contributed by atoms with E-state index in [2.05, 4.69) is 10.6 Å². The number of carbonyl (C=O) groups is 2. The highest BCUT2D eigenvalue weighted by Crippen LogP contribution is 2.12. The number of benzene rings is 1. The molecule has 0 saturated carbocycles. The van der Waals surface area contributed by atoms with Gasteiger partial charge in [0, 0.05) is 38.5 Å². The number of carbonyl (C=O) groups excluding carboxylic acids is 2. The van der Waals surface area contributed by atoms with E-state index in [0.29, 0.717) is 25.2 Å². The van der Waals surface area contributed by atoms with Gasteiger partial charge < -0.3 is 20.6 Å². The van der Waals surface area contributed by atoms with E-state index in [4.69, 9.17) is 5.11 Å². The second-order valence-corrected chi connectivity index (χ2v) is 5.02. The van der Waals surface area contributed by atoms with E-state index in [-0.39, 0.29) is 6.61 Å². The van der Waals surface area contributed by atoms with E-state index in [1.54, 1.807) is 11.0 Å².